The van der Waals surface area contributed by atoms with Gasteiger partial charge in [-0.3, -0.25) is 19.8 Å². The molecule has 6 heteroatoms. The van der Waals surface area contributed by atoms with Crippen molar-refractivity contribution in [3.05, 3.63) is 34.9 Å². The molecule has 1 unspecified atom stereocenters. The minimum absolute atomic E-state index is 0.326. The quantitative estimate of drug-likeness (QED) is 0.723. The number of carbonyl (C=O) groups excluding carboxylic acids is 3. The maximum atomic E-state index is 12.2. The van der Waals surface area contributed by atoms with Crippen molar-refractivity contribution in [3.8, 4) is 0 Å². The number of benzene rings is 1. The van der Waals surface area contributed by atoms with Gasteiger partial charge in [-0.2, -0.15) is 0 Å². The number of amides is 3. The molecule has 18 heavy (non-hydrogen) atoms. The van der Waals surface area contributed by atoms with Crippen molar-refractivity contribution < 1.29 is 19.1 Å². The maximum absolute atomic E-state index is 12.2. The van der Waals surface area contributed by atoms with E-state index in [1.165, 1.54) is 7.05 Å². The molecule has 0 radical (unpaired) electrons. The van der Waals surface area contributed by atoms with Crippen molar-refractivity contribution in [2.75, 3.05) is 7.05 Å². The lowest BCUT2D eigenvalue weighted by Crippen LogP contribution is -2.47. The Hall–Kier alpha value is -2.37. The van der Waals surface area contributed by atoms with Crippen molar-refractivity contribution >= 4 is 17.9 Å². The van der Waals surface area contributed by atoms with Crippen LogP contribution in [0.25, 0.3) is 0 Å². The third-order valence-corrected chi connectivity index (χ3v) is 3.39. The highest BCUT2D eigenvalue weighted by Crippen LogP contribution is 2.42. The number of imide groups is 1. The Kier molecular flexibility index (Phi) is 1.85. The van der Waals surface area contributed by atoms with Gasteiger partial charge >= 0.3 is 12.0 Å². The Morgan fingerprint density at radius 1 is 1.28 bits per heavy atom. The average molecular weight is 246 g/mol. The second-order valence-corrected chi connectivity index (χ2v) is 4.35. The number of nitrogens with one attached hydrogen (secondary N) is 1. The van der Waals surface area contributed by atoms with Crippen LogP contribution in [0.1, 0.15) is 21.5 Å². The standard InChI is InChI=1S/C12H10N2O4/c1-6-4-3-5-7-8(6)9(15)14(2)12(7)10(16)13-11(17)18-12/h3-5H,1-2H3,(H,13,16,17). The van der Waals surface area contributed by atoms with Gasteiger partial charge in [0.25, 0.3) is 11.6 Å². The molecule has 1 saturated heterocycles. The highest BCUT2D eigenvalue weighted by molar-refractivity contribution is 6.12. The van der Waals surface area contributed by atoms with Gasteiger partial charge in [0, 0.05) is 12.6 Å². The first-order valence-corrected chi connectivity index (χ1v) is 5.41. The van der Waals surface area contributed by atoms with Crippen LogP contribution in [0, 0.1) is 6.92 Å². The molecule has 3 rings (SSSR count). The van der Waals surface area contributed by atoms with E-state index in [2.05, 4.69) is 5.32 Å². The summed E-state index contributed by atoms with van der Waals surface area (Å²) in [6.45, 7) is 1.78. The Balaban J connectivity index is 2.32. The fourth-order valence-corrected chi connectivity index (χ4v) is 2.51. The number of likely N-dealkylation sites (N-methyl/N-ethyl adjacent to an activating group) is 1. The fourth-order valence-electron chi connectivity index (χ4n) is 2.51. The van der Waals surface area contributed by atoms with Crippen LogP contribution in [0.5, 0.6) is 0 Å². The first-order chi connectivity index (χ1) is 8.48. The molecule has 6 nitrogen and oxygen atoms in total. The summed E-state index contributed by atoms with van der Waals surface area (Å²) < 4.78 is 5.09. The minimum Gasteiger partial charge on any atom is -0.408 e. The summed E-state index contributed by atoms with van der Waals surface area (Å²) in [4.78, 5) is 36.6. The smallest absolute Gasteiger partial charge is 0.408 e. The lowest BCUT2D eigenvalue weighted by atomic mass is 9.97. The normalized spacial score (nSPS) is 25.4. The van der Waals surface area contributed by atoms with Gasteiger partial charge in [0.1, 0.15) is 0 Å². The molecule has 92 valence electrons. The monoisotopic (exact) mass is 246 g/mol. The summed E-state index contributed by atoms with van der Waals surface area (Å²) in [6.07, 6.45) is -0.839. The third kappa shape index (κ3) is 1.000. The van der Waals surface area contributed by atoms with Crippen molar-refractivity contribution in [3.63, 3.8) is 0 Å². The number of ether oxygens (including phenoxy) is 1. The Morgan fingerprint density at radius 2 is 2.00 bits per heavy atom. The van der Waals surface area contributed by atoms with E-state index in [1.54, 1.807) is 25.1 Å². The molecule has 1 fully saturated rings. The topological polar surface area (TPSA) is 75.7 Å². The van der Waals surface area contributed by atoms with Gasteiger partial charge in [-0.15, -0.1) is 0 Å². The number of carbonyl (C=O) groups is 3. The lowest BCUT2D eigenvalue weighted by molar-refractivity contribution is -0.143. The first-order valence-electron chi connectivity index (χ1n) is 5.41. The van der Waals surface area contributed by atoms with E-state index < -0.39 is 17.7 Å². The first kappa shape index (κ1) is 10.8. The van der Waals surface area contributed by atoms with Crippen LogP contribution in [0.4, 0.5) is 4.79 Å². The van der Waals surface area contributed by atoms with Gasteiger partial charge < -0.3 is 4.74 Å². The predicted molar refractivity (Wildman–Crippen MR) is 59.6 cm³/mol. The number of rotatable bonds is 0. The molecule has 1 atom stereocenters. The zero-order chi connectivity index (χ0) is 13.1. The van der Waals surface area contributed by atoms with Crippen LogP contribution in [-0.4, -0.2) is 29.9 Å². The molecule has 1 aromatic carbocycles. The molecule has 2 aliphatic rings. The van der Waals surface area contributed by atoms with Crippen LogP contribution >= 0.6 is 0 Å². The van der Waals surface area contributed by atoms with Gasteiger partial charge in [-0.05, 0) is 12.5 Å². The number of alkyl carbamates (subject to hydrolysis) is 1. The number of aryl methyl sites for hydroxylation is 1. The summed E-state index contributed by atoms with van der Waals surface area (Å²) >= 11 is 0. The second kappa shape index (κ2) is 3.10. The van der Waals surface area contributed by atoms with E-state index in [-0.39, 0.29) is 5.91 Å². The zero-order valence-electron chi connectivity index (χ0n) is 9.81. The molecule has 0 saturated carbocycles. The Bertz CT molecular complexity index is 610. The number of fused-ring (bicyclic) bond motifs is 2. The highest BCUT2D eigenvalue weighted by atomic mass is 16.6. The van der Waals surface area contributed by atoms with Crippen LogP contribution in [0.3, 0.4) is 0 Å². The van der Waals surface area contributed by atoms with Crippen LogP contribution in [0.15, 0.2) is 18.2 Å². The predicted octanol–water partition coefficient (Wildman–Crippen LogP) is 0.500. The molecule has 1 spiro atoms. The minimum atomic E-state index is -1.64. The van der Waals surface area contributed by atoms with E-state index in [4.69, 9.17) is 4.74 Å². The Morgan fingerprint density at radius 3 is 2.61 bits per heavy atom. The molecule has 2 aliphatic heterocycles. The van der Waals surface area contributed by atoms with E-state index in [1.807, 2.05) is 0 Å². The highest BCUT2D eigenvalue weighted by Gasteiger charge is 2.61. The summed E-state index contributed by atoms with van der Waals surface area (Å²) in [6, 6.07) is 5.13. The average Bonchev–Trinajstić information content (AvgIpc) is 2.72. The van der Waals surface area contributed by atoms with Crippen molar-refractivity contribution in [1.82, 2.24) is 10.2 Å². The molecule has 3 amide bonds. The van der Waals surface area contributed by atoms with Crippen molar-refractivity contribution in [1.29, 1.82) is 0 Å². The van der Waals surface area contributed by atoms with Gasteiger partial charge in [0.05, 0.1) is 5.56 Å². The van der Waals surface area contributed by atoms with Gasteiger partial charge in [0.2, 0.25) is 0 Å². The molecule has 0 aromatic heterocycles. The lowest BCUT2D eigenvalue weighted by Gasteiger charge is -2.27. The molecular weight excluding hydrogens is 236 g/mol. The SMILES string of the molecule is Cc1cccc2c1C(=O)N(C)C21OC(=O)NC1=O. The molecular formula is C12H10N2O4. The van der Waals surface area contributed by atoms with E-state index in [0.717, 1.165) is 10.5 Å². The molecule has 0 bridgehead atoms. The largest absolute Gasteiger partial charge is 0.416 e. The van der Waals surface area contributed by atoms with E-state index >= 15 is 0 Å². The summed E-state index contributed by atoms with van der Waals surface area (Å²) in [5.74, 6) is -0.958. The van der Waals surface area contributed by atoms with E-state index in [0.29, 0.717) is 11.1 Å². The van der Waals surface area contributed by atoms with Gasteiger partial charge in [-0.25, -0.2) is 4.79 Å². The van der Waals surface area contributed by atoms with Crippen LogP contribution < -0.4 is 5.32 Å². The molecule has 0 aliphatic carbocycles. The molecule has 1 N–H and O–H groups in total. The number of hydrogen-bond donors (Lipinski definition) is 1. The van der Waals surface area contributed by atoms with Crippen molar-refractivity contribution in [2.24, 2.45) is 0 Å². The van der Waals surface area contributed by atoms with Crippen LogP contribution in [0.2, 0.25) is 0 Å². The summed E-state index contributed by atoms with van der Waals surface area (Å²) in [7, 11) is 1.44. The summed E-state index contributed by atoms with van der Waals surface area (Å²) in [5.41, 5.74) is -0.0598. The number of nitrogens with zero attached hydrogens (tertiary/aromatic N) is 1. The zero-order valence-corrected chi connectivity index (χ0v) is 9.81. The molecule has 2 heterocycles. The maximum Gasteiger partial charge on any atom is 0.416 e. The Labute approximate surface area is 103 Å². The number of hydrogen-bond acceptors (Lipinski definition) is 4. The molecule has 1 aromatic rings. The fraction of sp³-hybridized carbons (Fsp3) is 0.250. The van der Waals surface area contributed by atoms with Crippen LogP contribution in [-0.2, 0) is 15.3 Å². The van der Waals surface area contributed by atoms with Crippen molar-refractivity contribution in [2.45, 2.75) is 12.6 Å². The third-order valence-electron chi connectivity index (χ3n) is 3.39. The van der Waals surface area contributed by atoms with E-state index in [9.17, 15) is 14.4 Å². The summed E-state index contributed by atoms with van der Waals surface area (Å²) in [5, 5.41) is 2.07. The van der Waals surface area contributed by atoms with Gasteiger partial charge in [-0.1, -0.05) is 18.2 Å². The second-order valence-electron chi connectivity index (χ2n) is 4.35. The van der Waals surface area contributed by atoms with Gasteiger partial charge in [0.15, 0.2) is 0 Å².